The number of hydrogen-bond donors (Lipinski definition) is 0. The van der Waals surface area contributed by atoms with Gasteiger partial charge in [-0.25, -0.2) is 0 Å². The van der Waals surface area contributed by atoms with Gasteiger partial charge in [0.2, 0.25) is 0 Å². The highest BCUT2D eigenvalue weighted by atomic mass is 15.1. The third kappa shape index (κ3) is 2.57. The van der Waals surface area contributed by atoms with E-state index in [-0.39, 0.29) is 5.54 Å². The minimum atomic E-state index is -0.0838. The van der Waals surface area contributed by atoms with Gasteiger partial charge in [-0.15, -0.1) is 5.11 Å². The highest BCUT2D eigenvalue weighted by Gasteiger charge is 2.18. The molecule has 66 valence electrons. The van der Waals surface area contributed by atoms with Crippen LogP contribution < -0.4 is 0 Å². The van der Waals surface area contributed by atoms with Crippen LogP contribution in [0, 0.1) is 0 Å². The highest BCUT2D eigenvalue weighted by Crippen LogP contribution is 2.21. The van der Waals surface area contributed by atoms with Gasteiger partial charge in [0.25, 0.3) is 0 Å². The van der Waals surface area contributed by atoms with Crippen molar-refractivity contribution in [3.63, 3.8) is 0 Å². The molecule has 1 aliphatic rings. The lowest BCUT2D eigenvalue weighted by molar-refractivity contribution is 0.511. The molecule has 0 spiro atoms. The maximum Gasteiger partial charge on any atom is 0.133 e. The molecule has 0 saturated heterocycles. The molecule has 0 bridgehead atoms. The molecule has 0 fully saturated rings. The van der Waals surface area contributed by atoms with E-state index in [4.69, 9.17) is 0 Å². The van der Waals surface area contributed by atoms with Crippen LogP contribution in [0.5, 0.6) is 0 Å². The van der Waals surface area contributed by atoms with E-state index in [1.807, 2.05) is 6.08 Å². The normalized spacial score (nSPS) is 27.5. The number of aliphatic imine (C=N–C) groups is 1. The van der Waals surface area contributed by atoms with Crippen LogP contribution >= 0.6 is 0 Å². The zero-order valence-corrected chi connectivity index (χ0v) is 7.70. The Bertz CT molecular complexity index is 200. The molecule has 0 aliphatic carbocycles. The average Bonchev–Trinajstić information content (AvgIpc) is 2.27. The summed E-state index contributed by atoms with van der Waals surface area (Å²) in [4.78, 5) is 4.32. The molecule has 0 aromatic rings. The smallest absolute Gasteiger partial charge is 0.133 e. The van der Waals surface area contributed by atoms with Crippen LogP contribution in [-0.2, 0) is 0 Å². The number of nitrogens with zero attached hydrogens (tertiary/aromatic N) is 3. The van der Waals surface area contributed by atoms with Crippen LogP contribution in [-0.4, -0.2) is 11.9 Å². The van der Waals surface area contributed by atoms with Crippen molar-refractivity contribution in [3.8, 4) is 0 Å². The zero-order valence-electron chi connectivity index (χ0n) is 7.70. The second-order valence-corrected chi connectivity index (χ2v) is 3.25. The summed E-state index contributed by atoms with van der Waals surface area (Å²) >= 11 is 0. The van der Waals surface area contributed by atoms with Crippen molar-refractivity contribution in [3.05, 3.63) is 12.3 Å². The Labute approximate surface area is 73.3 Å². The molecule has 3 heteroatoms. The molecule has 12 heavy (non-hydrogen) atoms. The minimum absolute atomic E-state index is 0.0838. The summed E-state index contributed by atoms with van der Waals surface area (Å²) in [6.45, 7) is 4.29. The van der Waals surface area contributed by atoms with Crippen LogP contribution in [0.4, 0.5) is 0 Å². The first kappa shape index (κ1) is 9.10. The van der Waals surface area contributed by atoms with E-state index < -0.39 is 0 Å². The van der Waals surface area contributed by atoms with Crippen molar-refractivity contribution in [2.45, 2.75) is 38.6 Å². The molecule has 3 nitrogen and oxygen atoms in total. The first-order valence-corrected chi connectivity index (χ1v) is 4.38. The SMILES string of the molecule is CCCCC1(C)C=CN=NC=N1. The van der Waals surface area contributed by atoms with E-state index in [0.717, 1.165) is 6.42 Å². The van der Waals surface area contributed by atoms with Crippen LogP contribution in [0.25, 0.3) is 0 Å². The molecule has 0 radical (unpaired) electrons. The fourth-order valence-corrected chi connectivity index (χ4v) is 1.15. The van der Waals surface area contributed by atoms with Gasteiger partial charge >= 0.3 is 0 Å². The summed E-state index contributed by atoms with van der Waals surface area (Å²) in [5, 5.41) is 7.49. The van der Waals surface area contributed by atoms with Gasteiger partial charge in [0, 0.05) is 6.20 Å². The number of azo groups is 1. The van der Waals surface area contributed by atoms with Gasteiger partial charge in [0.05, 0.1) is 5.54 Å². The maximum atomic E-state index is 4.32. The minimum Gasteiger partial charge on any atom is -0.261 e. The van der Waals surface area contributed by atoms with Gasteiger partial charge in [-0.1, -0.05) is 19.8 Å². The lowest BCUT2D eigenvalue weighted by Gasteiger charge is -2.18. The third-order valence-corrected chi connectivity index (χ3v) is 2.01. The van der Waals surface area contributed by atoms with Gasteiger partial charge in [0.15, 0.2) is 0 Å². The quantitative estimate of drug-likeness (QED) is 0.616. The van der Waals surface area contributed by atoms with E-state index in [0.29, 0.717) is 0 Å². The van der Waals surface area contributed by atoms with E-state index in [9.17, 15) is 0 Å². The molecule has 0 saturated carbocycles. The Hall–Kier alpha value is -0.990. The van der Waals surface area contributed by atoms with Gasteiger partial charge in [-0.3, -0.25) is 4.99 Å². The fourth-order valence-electron chi connectivity index (χ4n) is 1.15. The standard InChI is InChI=1S/C9H15N3/c1-3-4-5-9(2)6-7-11-12-8-10-9/h6-8H,3-5H2,1-2H3. The van der Waals surface area contributed by atoms with E-state index >= 15 is 0 Å². The van der Waals surface area contributed by atoms with Crippen LogP contribution in [0.1, 0.15) is 33.1 Å². The number of hydrogen-bond acceptors (Lipinski definition) is 3. The Kier molecular flexibility index (Phi) is 3.14. The lowest BCUT2D eigenvalue weighted by Crippen LogP contribution is -2.17. The van der Waals surface area contributed by atoms with E-state index in [1.165, 1.54) is 19.2 Å². The first-order chi connectivity index (χ1) is 5.77. The van der Waals surface area contributed by atoms with Crippen molar-refractivity contribution in [2.24, 2.45) is 15.2 Å². The Morgan fingerprint density at radius 2 is 2.17 bits per heavy atom. The molecule has 1 heterocycles. The predicted molar refractivity (Wildman–Crippen MR) is 50.4 cm³/mol. The zero-order chi connectivity index (χ0) is 8.86. The number of rotatable bonds is 3. The topological polar surface area (TPSA) is 37.1 Å². The highest BCUT2D eigenvalue weighted by molar-refractivity contribution is 5.56. The van der Waals surface area contributed by atoms with Crippen LogP contribution in [0.3, 0.4) is 0 Å². The molecule has 0 N–H and O–H groups in total. The summed E-state index contributed by atoms with van der Waals surface area (Å²) in [7, 11) is 0. The second kappa shape index (κ2) is 4.14. The van der Waals surface area contributed by atoms with Crippen molar-refractivity contribution in [1.29, 1.82) is 0 Å². The molecule has 1 rings (SSSR count). The third-order valence-electron chi connectivity index (χ3n) is 2.01. The molecule has 1 atom stereocenters. The van der Waals surface area contributed by atoms with Gasteiger partial charge in [-0.05, 0) is 19.4 Å². The molecule has 0 amide bonds. The first-order valence-electron chi connectivity index (χ1n) is 4.38. The summed E-state index contributed by atoms with van der Waals surface area (Å²) in [5.74, 6) is 0. The number of unbranched alkanes of at least 4 members (excludes halogenated alkanes) is 1. The average molecular weight is 165 g/mol. The van der Waals surface area contributed by atoms with E-state index in [1.54, 1.807) is 6.20 Å². The van der Waals surface area contributed by atoms with Crippen molar-refractivity contribution in [2.75, 3.05) is 0 Å². The predicted octanol–water partition coefficient (Wildman–Crippen LogP) is 2.94. The van der Waals surface area contributed by atoms with Crippen LogP contribution in [0.2, 0.25) is 0 Å². The Morgan fingerprint density at radius 3 is 2.92 bits per heavy atom. The summed E-state index contributed by atoms with van der Waals surface area (Å²) in [6, 6.07) is 0. The molecular weight excluding hydrogens is 150 g/mol. The molecule has 0 aromatic carbocycles. The molecule has 1 unspecified atom stereocenters. The van der Waals surface area contributed by atoms with Crippen LogP contribution in [0.15, 0.2) is 27.5 Å². The summed E-state index contributed by atoms with van der Waals surface area (Å²) in [5.41, 5.74) is -0.0838. The maximum absolute atomic E-state index is 4.32. The largest absolute Gasteiger partial charge is 0.261 e. The Morgan fingerprint density at radius 1 is 1.33 bits per heavy atom. The second-order valence-electron chi connectivity index (χ2n) is 3.25. The molecule has 1 aliphatic heterocycles. The van der Waals surface area contributed by atoms with Crippen molar-refractivity contribution in [1.82, 2.24) is 0 Å². The summed E-state index contributed by atoms with van der Waals surface area (Å²) in [6.07, 6.45) is 8.74. The Balaban J connectivity index is 2.57. The fraction of sp³-hybridized carbons (Fsp3) is 0.667. The van der Waals surface area contributed by atoms with Crippen molar-refractivity contribution < 1.29 is 0 Å². The monoisotopic (exact) mass is 165 g/mol. The van der Waals surface area contributed by atoms with E-state index in [2.05, 4.69) is 29.1 Å². The van der Waals surface area contributed by atoms with Gasteiger partial charge in [0.1, 0.15) is 6.34 Å². The summed E-state index contributed by atoms with van der Waals surface area (Å²) < 4.78 is 0. The molecule has 0 aromatic heterocycles. The lowest BCUT2D eigenvalue weighted by atomic mass is 9.96. The van der Waals surface area contributed by atoms with Crippen molar-refractivity contribution >= 4 is 6.34 Å². The van der Waals surface area contributed by atoms with Gasteiger partial charge < -0.3 is 0 Å². The molecular formula is C9H15N3. The van der Waals surface area contributed by atoms with Gasteiger partial charge in [-0.2, -0.15) is 5.11 Å².